The van der Waals surface area contributed by atoms with E-state index in [-0.39, 0.29) is 12.5 Å². The third-order valence-corrected chi connectivity index (χ3v) is 5.42. The van der Waals surface area contributed by atoms with Gasteiger partial charge in [0.2, 0.25) is 15.9 Å². The summed E-state index contributed by atoms with van der Waals surface area (Å²) in [7, 11) is -3.45. The second-order valence-corrected chi connectivity index (χ2v) is 8.53. The Kier molecular flexibility index (Phi) is 6.94. The Bertz CT molecular complexity index is 849. The van der Waals surface area contributed by atoms with Gasteiger partial charge in [-0.1, -0.05) is 42.5 Å². The van der Waals surface area contributed by atoms with Gasteiger partial charge in [-0.15, -0.1) is 0 Å². The first-order valence-electron chi connectivity index (χ1n) is 8.62. The van der Waals surface area contributed by atoms with Gasteiger partial charge in [-0.05, 0) is 49.4 Å². The van der Waals surface area contributed by atoms with Crippen LogP contribution in [-0.4, -0.2) is 38.0 Å². The second kappa shape index (κ2) is 8.96. The van der Waals surface area contributed by atoms with Crippen LogP contribution in [0.4, 0.5) is 5.69 Å². The zero-order valence-corrected chi connectivity index (χ0v) is 16.3. The number of hydrogen-bond donors (Lipinski definition) is 1. The Hall–Kier alpha value is -2.18. The predicted molar refractivity (Wildman–Crippen MR) is 106 cm³/mol. The van der Waals surface area contributed by atoms with Gasteiger partial charge in [0.1, 0.15) is 0 Å². The van der Waals surface area contributed by atoms with Crippen molar-refractivity contribution in [3.05, 3.63) is 65.2 Å². The molecule has 0 aliphatic rings. The molecule has 0 radical (unpaired) electrons. The van der Waals surface area contributed by atoms with E-state index in [9.17, 15) is 13.2 Å². The number of sulfonamides is 1. The van der Waals surface area contributed by atoms with E-state index >= 15 is 0 Å². The number of nitrogens with zero attached hydrogens (tertiary/aromatic N) is 1. The highest BCUT2D eigenvalue weighted by Gasteiger charge is 2.20. The molecule has 6 heteroatoms. The van der Waals surface area contributed by atoms with E-state index in [1.807, 2.05) is 62.4 Å². The summed E-state index contributed by atoms with van der Waals surface area (Å²) in [6.07, 6.45) is 2.57. The molecule has 0 saturated heterocycles. The molecule has 2 aromatic rings. The Balaban J connectivity index is 1.96. The average Bonchev–Trinajstić information content (AvgIpc) is 2.57. The first-order valence-corrected chi connectivity index (χ1v) is 10.5. The molecule has 0 unspecified atom stereocenters. The summed E-state index contributed by atoms with van der Waals surface area (Å²) in [6.45, 7) is 3.99. The molecule has 0 aliphatic carbocycles. The van der Waals surface area contributed by atoms with Crippen molar-refractivity contribution in [1.82, 2.24) is 4.31 Å². The average molecular weight is 375 g/mol. The van der Waals surface area contributed by atoms with Gasteiger partial charge in [-0.25, -0.2) is 8.42 Å². The molecule has 2 aromatic carbocycles. The third-order valence-electron chi connectivity index (χ3n) is 4.17. The molecule has 0 saturated carbocycles. The van der Waals surface area contributed by atoms with Crippen molar-refractivity contribution in [1.29, 1.82) is 0 Å². The van der Waals surface area contributed by atoms with Gasteiger partial charge >= 0.3 is 0 Å². The van der Waals surface area contributed by atoms with Crippen LogP contribution in [-0.2, 0) is 21.2 Å². The number of aryl methyl sites for hydroxylation is 3. The summed E-state index contributed by atoms with van der Waals surface area (Å²) >= 11 is 0. The molecule has 26 heavy (non-hydrogen) atoms. The molecule has 0 spiro atoms. The molecular formula is C20H26N2O3S. The fourth-order valence-electron chi connectivity index (χ4n) is 2.69. The van der Waals surface area contributed by atoms with E-state index < -0.39 is 10.0 Å². The van der Waals surface area contributed by atoms with Crippen LogP contribution in [0.15, 0.2) is 48.5 Å². The predicted octanol–water partition coefficient (Wildman–Crippen LogP) is 3.14. The monoisotopic (exact) mass is 374 g/mol. The molecule has 140 valence electrons. The highest BCUT2D eigenvalue weighted by Crippen LogP contribution is 2.16. The van der Waals surface area contributed by atoms with Crippen LogP contribution in [0.25, 0.3) is 0 Å². The summed E-state index contributed by atoms with van der Waals surface area (Å²) in [5.74, 6) is -0.330. The SMILES string of the molecule is Cc1ccc(C)c(NC(=O)CN(CCCc2ccccc2)S(C)(=O)=O)c1. The zero-order valence-electron chi connectivity index (χ0n) is 15.5. The van der Waals surface area contributed by atoms with Gasteiger partial charge < -0.3 is 5.32 Å². The van der Waals surface area contributed by atoms with Gasteiger partial charge in [-0.2, -0.15) is 4.31 Å². The van der Waals surface area contributed by atoms with Crippen molar-refractivity contribution < 1.29 is 13.2 Å². The maximum atomic E-state index is 12.3. The first-order chi connectivity index (χ1) is 12.3. The third kappa shape index (κ3) is 6.28. The summed E-state index contributed by atoms with van der Waals surface area (Å²) in [6, 6.07) is 15.7. The van der Waals surface area contributed by atoms with Crippen molar-refractivity contribution >= 4 is 21.6 Å². The number of amides is 1. The molecule has 0 aromatic heterocycles. The number of benzene rings is 2. The van der Waals surface area contributed by atoms with Crippen molar-refractivity contribution in [2.75, 3.05) is 24.7 Å². The molecule has 1 N–H and O–H groups in total. The number of rotatable bonds is 8. The highest BCUT2D eigenvalue weighted by molar-refractivity contribution is 7.88. The summed E-state index contributed by atoms with van der Waals surface area (Å²) in [4.78, 5) is 12.3. The lowest BCUT2D eigenvalue weighted by atomic mass is 10.1. The summed E-state index contributed by atoms with van der Waals surface area (Å²) in [5.41, 5.74) is 3.85. The summed E-state index contributed by atoms with van der Waals surface area (Å²) in [5, 5.41) is 2.82. The maximum absolute atomic E-state index is 12.3. The van der Waals surface area contributed by atoms with Crippen molar-refractivity contribution in [3.63, 3.8) is 0 Å². The van der Waals surface area contributed by atoms with Crippen LogP contribution in [0, 0.1) is 13.8 Å². The highest BCUT2D eigenvalue weighted by atomic mass is 32.2. The smallest absolute Gasteiger partial charge is 0.239 e. The lowest BCUT2D eigenvalue weighted by Gasteiger charge is -2.20. The Morgan fingerprint density at radius 1 is 1.08 bits per heavy atom. The minimum absolute atomic E-state index is 0.180. The van der Waals surface area contributed by atoms with E-state index in [2.05, 4.69) is 5.32 Å². The van der Waals surface area contributed by atoms with Crippen molar-refractivity contribution in [2.45, 2.75) is 26.7 Å². The van der Waals surface area contributed by atoms with E-state index in [0.717, 1.165) is 29.4 Å². The molecule has 0 heterocycles. The Morgan fingerprint density at radius 3 is 2.42 bits per heavy atom. The molecule has 0 bridgehead atoms. The van der Waals surface area contributed by atoms with Gasteiger partial charge in [0.15, 0.2) is 0 Å². The number of carbonyl (C=O) groups excluding carboxylic acids is 1. The zero-order chi connectivity index (χ0) is 19.2. The minimum atomic E-state index is -3.45. The first kappa shape index (κ1) is 20.1. The Morgan fingerprint density at radius 2 is 1.77 bits per heavy atom. The van der Waals surface area contributed by atoms with Crippen LogP contribution in [0.1, 0.15) is 23.1 Å². The van der Waals surface area contributed by atoms with Crippen LogP contribution in [0.5, 0.6) is 0 Å². The van der Waals surface area contributed by atoms with E-state index in [0.29, 0.717) is 18.7 Å². The maximum Gasteiger partial charge on any atom is 0.239 e. The van der Waals surface area contributed by atoms with Gasteiger partial charge in [0, 0.05) is 12.2 Å². The number of carbonyl (C=O) groups is 1. The second-order valence-electron chi connectivity index (χ2n) is 6.55. The molecule has 1 amide bonds. The largest absolute Gasteiger partial charge is 0.325 e. The van der Waals surface area contributed by atoms with E-state index in [1.165, 1.54) is 4.31 Å². The Labute approximate surface area is 156 Å². The molecular weight excluding hydrogens is 348 g/mol. The quantitative estimate of drug-likeness (QED) is 0.772. The molecule has 0 aliphatic heterocycles. The topological polar surface area (TPSA) is 66.5 Å². The van der Waals surface area contributed by atoms with Crippen LogP contribution in [0.3, 0.4) is 0 Å². The molecule has 2 rings (SSSR count). The fraction of sp³-hybridized carbons (Fsp3) is 0.350. The summed E-state index contributed by atoms with van der Waals surface area (Å²) < 4.78 is 25.3. The van der Waals surface area contributed by atoms with E-state index in [1.54, 1.807) is 0 Å². The van der Waals surface area contributed by atoms with E-state index in [4.69, 9.17) is 0 Å². The lowest BCUT2D eigenvalue weighted by Crippen LogP contribution is -2.38. The number of nitrogens with one attached hydrogen (secondary N) is 1. The van der Waals surface area contributed by atoms with Crippen LogP contribution >= 0.6 is 0 Å². The lowest BCUT2D eigenvalue weighted by molar-refractivity contribution is -0.116. The van der Waals surface area contributed by atoms with Crippen molar-refractivity contribution in [2.24, 2.45) is 0 Å². The molecule has 0 fully saturated rings. The van der Waals surface area contributed by atoms with Crippen molar-refractivity contribution in [3.8, 4) is 0 Å². The normalized spacial score (nSPS) is 11.5. The fourth-order valence-corrected chi connectivity index (χ4v) is 3.50. The molecule has 0 atom stereocenters. The molecule has 5 nitrogen and oxygen atoms in total. The van der Waals surface area contributed by atoms with Crippen LogP contribution in [0.2, 0.25) is 0 Å². The van der Waals surface area contributed by atoms with Gasteiger partial charge in [0.25, 0.3) is 0 Å². The number of anilines is 1. The van der Waals surface area contributed by atoms with Gasteiger partial charge in [0.05, 0.1) is 12.8 Å². The van der Waals surface area contributed by atoms with Gasteiger partial charge in [-0.3, -0.25) is 4.79 Å². The standard InChI is InChI=1S/C20H26N2O3S/c1-16-11-12-17(2)19(14-16)21-20(23)15-22(26(3,24)25)13-7-10-18-8-5-4-6-9-18/h4-6,8-9,11-12,14H,7,10,13,15H2,1-3H3,(H,21,23). The van der Waals surface area contributed by atoms with Crippen LogP contribution < -0.4 is 5.32 Å². The minimum Gasteiger partial charge on any atom is -0.325 e. The number of hydrogen-bond acceptors (Lipinski definition) is 3.